The molecule has 1 aliphatic carbocycles. The van der Waals surface area contributed by atoms with Crippen LogP contribution in [-0.2, 0) is 9.53 Å². The van der Waals surface area contributed by atoms with E-state index in [9.17, 15) is 9.90 Å². The molecule has 0 radical (unpaired) electrons. The Kier molecular flexibility index (Phi) is 6.49. The van der Waals surface area contributed by atoms with E-state index in [1.165, 1.54) is 12.8 Å². The zero-order chi connectivity index (χ0) is 15.2. The third kappa shape index (κ3) is 4.43. The number of nitrogens with zero attached hydrogens (tertiary/aromatic N) is 1. The van der Waals surface area contributed by atoms with Crippen molar-refractivity contribution in [1.29, 1.82) is 0 Å². The number of aliphatic hydroxyl groups excluding tert-OH is 1. The first kappa shape index (κ1) is 16.8. The fraction of sp³-hybridized carbons (Fsp3) is 0.941. The summed E-state index contributed by atoms with van der Waals surface area (Å²) in [5, 5.41) is 10.3. The van der Waals surface area contributed by atoms with Crippen molar-refractivity contribution in [3.8, 4) is 0 Å². The van der Waals surface area contributed by atoms with Gasteiger partial charge >= 0.3 is 0 Å². The molecule has 1 saturated heterocycles. The molecular weight excluding hydrogens is 266 g/mol. The van der Waals surface area contributed by atoms with Crippen LogP contribution in [0.1, 0.15) is 64.7 Å². The molecule has 1 heterocycles. The molecule has 1 amide bonds. The van der Waals surface area contributed by atoms with E-state index < -0.39 is 0 Å². The van der Waals surface area contributed by atoms with E-state index >= 15 is 0 Å². The largest absolute Gasteiger partial charge is 0.393 e. The highest BCUT2D eigenvalue weighted by Crippen LogP contribution is 2.34. The molecule has 21 heavy (non-hydrogen) atoms. The second-order valence-corrected chi connectivity index (χ2v) is 6.75. The average Bonchev–Trinajstić information content (AvgIpc) is 2.52. The zero-order valence-corrected chi connectivity index (χ0v) is 13.6. The van der Waals surface area contributed by atoms with Gasteiger partial charge in [-0.15, -0.1) is 0 Å². The topological polar surface area (TPSA) is 49.8 Å². The predicted molar refractivity (Wildman–Crippen MR) is 83.0 cm³/mol. The SMILES string of the molecule is COC(C)CCC(=O)N1CCCCC1C1CCCCC1O. The number of hydrogen-bond acceptors (Lipinski definition) is 3. The number of hydrogen-bond donors (Lipinski definition) is 1. The molecule has 1 aliphatic heterocycles. The first-order chi connectivity index (χ1) is 10.1. The van der Waals surface area contributed by atoms with Crippen molar-refractivity contribution in [1.82, 2.24) is 4.90 Å². The summed E-state index contributed by atoms with van der Waals surface area (Å²) in [6.07, 6.45) is 8.93. The highest BCUT2D eigenvalue weighted by Gasteiger charge is 2.37. The quantitative estimate of drug-likeness (QED) is 0.849. The molecule has 0 aromatic rings. The van der Waals surface area contributed by atoms with E-state index in [1.54, 1.807) is 7.11 Å². The van der Waals surface area contributed by atoms with Gasteiger partial charge in [0.05, 0.1) is 12.2 Å². The summed E-state index contributed by atoms with van der Waals surface area (Å²) in [4.78, 5) is 14.6. The van der Waals surface area contributed by atoms with Gasteiger partial charge < -0.3 is 14.7 Å². The van der Waals surface area contributed by atoms with Crippen LogP contribution in [0.2, 0.25) is 0 Å². The molecule has 4 nitrogen and oxygen atoms in total. The molecular formula is C17H31NO3. The van der Waals surface area contributed by atoms with Crippen molar-refractivity contribution in [3.05, 3.63) is 0 Å². The average molecular weight is 297 g/mol. The number of likely N-dealkylation sites (tertiary alicyclic amines) is 1. The summed E-state index contributed by atoms with van der Waals surface area (Å²) in [6, 6.07) is 0.263. The van der Waals surface area contributed by atoms with E-state index in [2.05, 4.69) is 4.90 Å². The number of carbonyl (C=O) groups excluding carboxylic acids is 1. The monoisotopic (exact) mass is 297 g/mol. The zero-order valence-electron chi connectivity index (χ0n) is 13.6. The lowest BCUT2D eigenvalue weighted by Crippen LogP contribution is -2.51. The summed E-state index contributed by atoms with van der Waals surface area (Å²) < 4.78 is 5.24. The van der Waals surface area contributed by atoms with E-state index in [0.717, 1.165) is 45.1 Å². The molecule has 4 unspecified atom stereocenters. The van der Waals surface area contributed by atoms with Gasteiger partial charge in [0.25, 0.3) is 0 Å². The number of methoxy groups -OCH3 is 1. The lowest BCUT2D eigenvalue weighted by Gasteiger charge is -2.44. The smallest absolute Gasteiger partial charge is 0.222 e. The van der Waals surface area contributed by atoms with Crippen molar-refractivity contribution >= 4 is 5.91 Å². The van der Waals surface area contributed by atoms with Crippen LogP contribution in [-0.4, -0.2) is 47.8 Å². The summed E-state index contributed by atoms with van der Waals surface area (Å²) in [5.74, 6) is 0.546. The van der Waals surface area contributed by atoms with Crippen LogP contribution in [0.3, 0.4) is 0 Å². The van der Waals surface area contributed by atoms with Crippen LogP contribution >= 0.6 is 0 Å². The van der Waals surface area contributed by atoms with Crippen molar-refractivity contribution in [2.75, 3.05) is 13.7 Å². The minimum Gasteiger partial charge on any atom is -0.393 e. The van der Waals surface area contributed by atoms with Gasteiger partial charge in [-0.2, -0.15) is 0 Å². The van der Waals surface area contributed by atoms with Gasteiger partial charge in [-0.1, -0.05) is 12.8 Å². The first-order valence-electron chi connectivity index (χ1n) is 8.63. The van der Waals surface area contributed by atoms with E-state index in [4.69, 9.17) is 4.74 Å². The van der Waals surface area contributed by atoms with Gasteiger partial charge in [-0.05, 0) is 45.4 Å². The van der Waals surface area contributed by atoms with E-state index in [1.807, 2.05) is 6.92 Å². The molecule has 122 valence electrons. The number of amides is 1. The Balaban J connectivity index is 1.95. The van der Waals surface area contributed by atoms with E-state index in [0.29, 0.717) is 12.3 Å². The minimum absolute atomic E-state index is 0.137. The van der Waals surface area contributed by atoms with Crippen LogP contribution in [0.4, 0.5) is 0 Å². The Morgan fingerprint density at radius 1 is 1.24 bits per heavy atom. The van der Waals surface area contributed by atoms with Gasteiger partial charge in [0.2, 0.25) is 5.91 Å². The summed E-state index contributed by atoms with van der Waals surface area (Å²) in [7, 11) is 1.69. The van der Waals surface area contributed by atoms with Crippen LogP contribution in [0.5, 0.6) is 0 Å². The maximum absolute atomic E-state index is 12.6. The molecule has 0 spiro atoms. The number of ether oxygens (including phenoxy) is 1. The van der Waals surface area contributed by atoms with Gasteiger partial charge in [0.15, 0.2) is 0 Å². The number of piperidine rings is 1. The lowest BCUT2D eigenvalue weighted by atomic mass is 9.78. The van der Waals surface area contributed by atoms with Crippen molar-refractivity contribution in [3.63, 3.8) is 0 Å². The van der Waals surface area contributed by atoms with E-state index in [-0.39, 0.29) is 24.2 Å². The maximum atomic E-state index is 12.6. The van der Waals surface area contributed by atoms with Crippen LogP contribution in [0.15, 0.2) is 0 Å². The predicted octanol–water partition coefficient (Wildman–Crippen LogP) is 2.73. The molecule has 0 aromatic carbocycles. The molecule has 2 aliphatic rings. The Morgan fingerprint density at radius 3 is 2.67 bits per heavy atom. The van der Waals surface area contributed by atoms with Crippen LogP contribution in [0.25, 0.3) is 0 Å². The maximum Gasteiger partial charge on any atom is 0.222 e. The summed E-state index contributed by atoms with van der Waals surface area (Å²) >= 11 is 0. The number of aliphatic hydroxyl groups is 1. The number of rotatable bonds is 5. The highest BCUT2D eigenvalue weighted by molar-refractivity contribution is 5.76. The molecule has 4 atom stereocenters. The third-order valence-corrected chi connectivity index (χ3v) is 5.31. The standard InChI is InChI=1S/C17H31NO3/c1-13(21-2)10-11-17(20)18-12-6-5-8-15(18)14-7-3-4-9-16(14)19/h13-16,19H,3-12H2,1-2H3. The molecule has 2 rings (SSSR count). The van der Waals surface area contributed by atoms with Gasteiger partial charge in [0.1, 0.15) is 0 Å². The second kappa shape index (κ2) is 8.14. The fourth-order valence-corrected chi connectivity index (χ4v) is 3.89. The lowest BCUT2D eigenvalue weighted by molar-refractivity contribution is -0.139. The molecule has 0 bridgehead atoms. The van der Waals surface area contributed by atoms with Crippen LogP contribution in [0, 0.1) is 5.92 Å². The fourth-order valence-electron chi connectivity index (χ4n) is 3.89. The Hall–Kier alpha value is -0.610. The third-order valence-electron chi connectivity index (χ3n) is 5.31. The van der Waals surface area contributed by atoms with Gasteiger partial charge in [-0.25, -0.2) is 0 Å². The molecule has 4 heteroatoms. The second-order valence-electron chi connectivity index (χ2n) is 6.75. The van der Waals surface area contributed by atoms with Crippen molar-refractivity contribution in [2.24, 2.45) is 5.92 Å². The number of carbonyl (C=O) groups is 1. The van der Waals surface area contributed by atoms with Crippen LogP contribution < -0.4 is 0 Å². The molecule has 2 fully saturated rings. The first-order valence-corrected chi connectivity index (χ1v) is 8.63. The van der Waals surface area contributed by atoms with Gasteiger partial charge in [-0.3, -0.25) is 4.79 Å². The Labute approximate surface area is 128 Å². The highest BCUT2D eigenvalue weighted by atomic mass is 16.5. The van der Waals surface area contributed by atoms with Crippen molar-refractivity contribution in [2.45, 2.75) is 83.0 Å². The van der Waals surface area contributed by atoms with Crippen molar-refractivity contribution < 1.29 is 14.6 Å². The normalized spacial score (nSPS) is 32.0. The minimum atomic E-state index is -0.213. The molecule has 0 aromatic heterocycles. The summed E-state index contributed by atoms with van der Waals surface area (Å²) in [6.45, 7) is 2.87. The molecule has 1 saturated carbocycles. The molecule has 1 N–H and O–H groups in total. The Morgan fingerprint density at radius 2 is 1.95 bits per heavy atom. The van der Waals surface area contributed by atoms with Gasteiger partial charge in [0, 0.05) is 32.0 Å². The Bertz CT molecular complexity index is 334. The summed E-state index contributed by atoms with van der Waals surface area (Å²) in [5.41, 5.74) is 0.